The molecule has 1 heterocycles. The van der Waals surface area contributed by atoms with E-state index in [2.05, 4.69) is 41.6 Å². The Balaban J connectivity index is 1.56. The van der Waals surface area contributed by atoms with E-state index in [0.717, 1.165) is 37.1 Å². The number of nitrogens with one attached hydrogen (secondary N) is 2. The molecule has 49 heavy (non-hydrogen) atoms. The summed E-state index contributed by atoms with van der Waals surface area (Å²) in [6, 6.07) is 19.2. The molecule has 0 spiro atoms. The van der Waals surface area contributed by atoms with Gasteiger partial charge in [0.15, 0.2) is 0 Å². The average Bonchev–Trinajstić information content (AvgIpc) is 3.10. The third-order valence-corrected chi connectivity index (χ3v) is 8.76. The first kappa shape index (κ1) is 37.5. The lowest BCUT2D eigenvalue weighted by atomic mass is 10.0. The van der Waals surface area contributed by atoms with Crippen LogP contribution in [0.15, 0.2) is 66.7 Å². The number of benzene rings is 3. The van der Waals surface area contributed by atoms with Crippen molar-refractivity contribution in [1.29, 1.82) is 0 Å². The number of hydrogen-bond donors (Lipinski definition) is 3. The fraction of sp³-hybridized carbons (Fsp3) is 0.474. The molecule has 11 heteroatoms. The van der Waals surface area contributed by atoms with E-state index in [0.29, 0.717) is 48.1 Å². The lowest BCUT2D eigenvalue weighted by Gasteiger charge is -2.36. The molecule has 3 aromatic rings. The molecule has 1 aliphatic heterocycles. The molecule has 0 unspecified atom stereocenters. The number of amides is 3. The highest BCUT2D eigenvalue weighted by molar-refractivity contribution is 6.02. The van der Waals surface area contributed by atoms with Gasteiger partial charge in [-0.25, -0.2) is 4.79 Å². The molecule has 3 N–H and O–H groups in total. The molecule has 11 nitrogen and oxygen atoms in total. The number of nitrogens with zero attached hydrogens (tertiary/aromatic N) is 2. The zero-order valence-corrected chi connectivity index (χ0v) is 29.6. The van der Waals surface area contributed by atoms with Crippen LogP contribution in [0.1, 0.15) is 56.0 Å². The average molecular weight is 677 g/mol. The number of urea groups is 1. The normalized spacial score (nSPS) is 19.6. The second-order valence-corrected chi connectivity index (χ2v) is 12.9. The van der Waals surface area contributed by atoms with Crippen LogP contribution in [0, 0.1) is 5.92 Å². The van der Waals surface area contributed by atoms with Gasteiger partial charge in [-0.05, 0) is 100 Å². The maximum Gasteiger partial charge on any atom is 0.323 e. The third kappa shape index (κ3) is 11.1. The van der Waals surface area contributed by atoms with Crippen molar-refractivity contribution >= 4 is 23.3 Å². The van der Waals surface area contributed by atoms with Gasteiger partial charge in [0.05, 0.1) is 44.6 Å². The molecule has 0 bridgehead atoms. The predicted molar refractivity (Wildman–Crippen MR) is 192 cm³/mol. The Morgan fingerprint density at radius 1 is 0.980 bits per heavy atom. The monoisotopic (exact) mass is 676 g/mol. The lowest BCUT2D eigenvalue weighted by molar-refractivity contribution is -0.0177. The number of anilines is 2. The second kappa shape index (κ2) is 18.4. The zero-order valence-electron chi connectivity index (χ0n) is 29.6. The summed E-state index contributed by atoms with van der Waals surface area (Å²) in [5, 5.41) is 15.9. The Morgan fingerprint density at radius 2 is 1.61 bits per heavy atom. The number of rotatable bonds is 10. The maximum atomic E-state index is 14.4. The molecule has 4 rings (SSSR count). The Labute approximate surface area is 290 Å². The number of methoxy groups -OCH3 is 2. The Kier molecular flexibility index (Phi) is 14.1. The molecule has 0 fully saturated rings. The van der Waals surface area contributed by atoms with E-state index in [4.69, 9.17) is 18.9 Å². The van der Waals surface area contributed by atoms with Crippen LogP contribution in [-0.2, 0) is 11.3 Å². The molecule has 0 saturated carbocycles. The first-order valence-electron chi connectivity index (χ1n) is 17.0. The minimum absolute atomic E-state index is 0.0564. The van der Waals surface area contributed by atoms with Crippen molar-refractivity contribution in [3.05, 3.63) is 77.9 Å². The predicted octanol–water partition coefficient (Wildman–Crippen LogP) is 6.28. The van der Waals surface area contributed by atoms with Crippen molar-refractivity contribution in [2.24, 2.45) is 5.92 Å². The Morgan fingerprint density at radius 3 is 2.27 bits per heavy atom. The topological polar surface area (TPSA) is 122 Å². The number of aliphatic hydroxyl groups excluding tert-OH is 1. The van der Waals surface area contributed by atoms with E-state index < -0.39 is 12.1 Å². The Hall–Kier alpha value is -4.32. The van der Waals surface area contributed by atoms with Gasteiger partial charge in [-0.15, -0.1) is 0 Å². The van der Waals surface area contributed by atoms with Crippen molar-refractivity contribution in [2.75, 3.05) is 58.2 Å². The largest absolute Gasteiger partial charge is 0.497 e. The van der Waals surface area contributed by atoms with Crippen molar-refractivity contribution < 1.29 is 33.6 Å². The first-order valence-corrected chi connectivity index (χ1v) is 17.0. The van der Waals surface area contributed by atoms with Crippen molar-refractivity contribution in [3.8, 4) is 17.2 Å². The van der Waals surface area contributed by atoms with Crippen LogP contribution in [0.5, 0.6) is 17.2 Å². The number of fused-ring (bicyclic) bond motifs is 1. The highest BCUT2D eigenvalue weighted by Gasteiger charge is 2.30. The zero-order chi connectivity index (χ0) is 35.3. The highest BCUT2D eigenvalue weighted by atomic mass is 16.5. The van der Waals surface area contributed by atoms with Gasteiger partial charge in [0, 0.05) is 43.5 Å². The molecule has 1 aliphatic rings. The van der Waals surface area contributed by atoms with Crippen LogP contribution in [0.2, 0.25) is 0 Å². The van der Waals surface area contributed by atoms with Crippen molar-refractivity contribution in [3.63, 3.8) is 0 Å². The summed E-state index contributed by atoms with van der Waals surface area (Å²) >= 11 is 0. The van der Waals surface area contributed by atoms with Gasteiger partial charge in [0.1, 0.15) is 17.2 Å². The van der Waals surface area contributed by atoms with Gasteiger partial charge in [-0.3, -0.25) is 9.69 Å². The molecule has 266 valence electrons. The number of likely N-dealkylation sites (N-methyl/N-ethyl adjacent to an activating group) is 1. The maximum absolute atomic E-state index is 14.4. The molecule has 0 saturated heterocycles. The van der Waals surface area contributed by atoms with Gasteiger partial charge in [0.25, 0.3) is 5.91 Å². The molecule has 0 radical (unpaired) electrons. The van der Waals surface area contributed by atoms with Crippen molar-refractivity contribution in [2.45, 2.75) is 64.8 Å². The first-order chi connectivity index (χ1) is 23.6. The summed E-state index contributed by atoms with van der Waals surface area (Å²) in [6.07, 6.45) is 2.27. The third-order valence-electron chi connectivity index (χ3n) is 8.76. The summed E-state index contributed by atoms with van der Waals surface area (Å²) in [5.74, 6) is 1.58. The second-order valence-electron chi connectivity index (χ2n) is 12.9. The summed E-state index contributed by atoms with van der Waals surface area (Å²) in [7, 11) is 5.31. The SMILES string of the molecule is COc1ccc(CN(C)C[C@@H]2OCCCC[C@@H](C)Oc3ccc(NC(=O)Nc4ccc(OC)cc4)cc3C(=O)N([C@@H](C)CO)C[C@@H]2C)cc1. The van der Waals surface area contributed by atoms with Crippen LogP contribution in [0.3, 0.4) is 0 Å². The standard InChI is InChI=1S/C38H52N4O7/c1-26-22-42(27(2)25-43)37(44)34-21-31(40-38(45)39-30-12-17-33(47-6)18-13-30)14-19-35(34)49-28(3)9-7-8-20-48-36(26)24-41(4)23-29-10-15-32(46-5)16-11-29/h10-19,21,26-28,36,43H,7-9,20,22-25H2,1-6H3,(H2,39,40,45)/t26-,27-,28+,36-/m0/s1. The summed E-state index contributed by atoms with van der Waals surface area (Å²) in [4.78, 5) is 31.2. The van der Waals surface area contributed by atoms with Gasteiger partial charge >= 0.3 is 6.03 Å². The highest BCUT2D eigenvalue weighted by Crippen LogP contribution is 2.29. The fourth-order valence-electron chi connectivity index (χ4n) is 5.85. The van der Waals surface area contributed by atoms with Gasteiger partial charge in [-0.1, -0.05) is 19.1 Å². The Bertz CT molecular complexity index is 1480. The number of carbonyl (C=O) groups excluding carboxylic acids is 2. The summed E-state index contributed by atoms with van der Waals surface area (Å²) in [6.45, 7) is 8.04. The number of ether oxygens (including phenoxy) is 4. The van der Waals surface area contributed by atoms with Gasteiger partial charge in [-0.2, -0.15) is 0 Å². The quantitative estimate of drug-likeness (QED) is 0.230. The smallest absolute Gasteiger partial charge is 0.323 e. The molecule has 4 atom stereocenters. The molecule has 3 aromatic carbocycles. The van der Waals surface area contributed by atoms with Crippen LogP contribution in [0.25, 0.3) is 0 Å². The summed E-state index contributed by atoms with van der Waals surface area (Å²) in [5.41, 5.74) is 2.50. The van der Waals surface area contributed by atoms with Crippen LogP contribution in [-0.4, -0.2) is 92.7 Å². The number of hydrogen-bond acceptors (Lipinski definition) is 8. The number of carbonyl (C=O) groups is 2. The summed E-state index contributed by atoms with van der Waals surface area (Å²) < 4.78 is 23.3. The molecule has 3 amide bonds. The van der Waals surface area contributed by atoms with E-state index in [1.54, 1.807) is 61.6 Å². The van der Waals surface area contributed by atoms with E-state index >= 15 is 0 Å². The lowest BCUT2D eigenvalue weighted by Crippen LogP contribution is -2.47. The van der Waals surface area contributed by atoms with Gasteiger partial charge in [0.2, 0.25) is 0 Å². The number of aliphatic hydroxyl groups is 1. The molecule has 0 aliphatic carbocycles. The van der Waals surface area contributed by atoms with E-state index in [1.807, 2.05) is 26.0 Å². The van der Waals surface area contributed by atoms with Crippen molar-refractivity contribution in [1.82, 2.24) is 9.80 Å². The van der Waals surface area contributed by atoms with E-state index in [1.165, 1.54) is 0 Å². The van der Waals surface area contributed by atoms with Gasteiger partial charge < -0.3 is 39.6 Å². The van der Waals surface area contributed by atoms with E-state index in [-0.39, 0.29) is 30.6 Å². The van der Waals surface area contributed by atoms with Crippen LogP contribution < -0.4 is 24.8 Å². The van der Waals surface area contributed by atoms with Crippen LogP contribution in [0.4, 0.5) is 16.2 Å². The van der Waals surface area contributed by atoms with E-state index in [9.17, 15) is 14.7 Å². The fourth-order valence-corrected chi connectivity index (χ4v) is 5.85. The molecule has 0 aromatic heterocycles. The minimum Gasteiger partial charge on any atom is -0.497 e. The van der Waals surface area contributed by atoms with Crippen LogP contribution >= 0.6 is 0 Å². The molecular formula is C38H52N4O7. The molecular weight excluding hydrogens is 624 g/mol. The minimum atomic E-state index is -0.471.